The topological polar surface area (TPSA) is 67.9 Å². The summed E-state index contributed by atoms with van der Waals surface area (Å²) in [6.45, 7) is 0.695. The molecule has 0 bridgehead atoms. The standard InChI is InChI=1S/C23H26N2O4/c1-28-17-12-10-16(11-13-17)19-8-3-2-6-14-25(19)22(26)15-21-23(27)24-18-7-4-5-9-20(18)29-21/h4-5,7,9-13,19,21H,2-3,6,8,14-15H2,1H3,(H,24,27)/t19-,21-/m0/s1. The van der Waals surface area contributed by atoms with Gasteiger partial charge in [0.1, 0.15) is 11.5 Å². The van der Waals surface area contributed by atoms with Gasteiger partial charge in [0.25, 0.3) is 5.91 Å². The highest BCUT2D eigenvalue weighted by molar-refractivity contribution is 6.00. The van der Waals surface area contributed by atoms with Crippen LogP contribution in [0, 0.1) is 0 Å². The van der Waals surface area contributed by atoms with Crippen LogP contribution in [0.15, 0.2) is 48.5 Å². The lowest BCUT2D eigenvalue weighted by molar-refractivity contribution is -0.139. The van der Waals surface area contributed by atoms with E-state index in [-0.39, 0.29) is 24.3 Å². The molecule has 0 spiro atoms. The lowest BCUT2D eigenvalue weighted by atomic mass is 10.00. The molecule has 2 aromatic rings. The third-order valence-corrected chi connectivity index (χ3v) is 5.64. The van der Waals surface area contributed by atoms with Crippen molar-refractivity contribution in [3.63, 3.8) is 0 Å². The molecule has 29 heavy (non-hydrogen) atoms. The van der Waals surface area contributed by atoms with Crippen LogP contribution < -0.4 is 14.8 Å². The van der Waals surface area contributed by atoms with Crippen LogP contribution in [0.2, 0.25) is 0 Å². The number of rotatable bonds is 4. The summed E-state index contributed by atoms with van der Waals surface area (Å²) in [5.41, 5.74) is 1.74. The summed E-state index contributed by atoms with van der Waals surface area (Å²) in [4.78, 5) is 27.6. The summed E-state index contributed by atoms with van der Waals surface area (Å²) >= 11 is 0. The van der Waals surface area contributed by atoms with E-state index in [1.165, 1.54) is 0 Å². The summed E-state index contributed by atoms with van der Waals surface area (Å²) < 4.78 is 11.1. The summed E-state index contributed by atoms with van der Waals surface area (Å²) in [6.07, 6.45) is 3.29. The fraction of sp³-hybridized carbons (Fsp3) is 0.391. The molecule has 0 unspecified atom stereocenters. The molecule has 1 fully saturated rings. The van der Waals surface area contributed by atoms with Crippen molar-refractivity contribution >= 4 is 17.5 Å². The molecular weight excluding hydrogens is 368 g/mol. The van der Waals surface area contributed by atoms with E-state index in [9.17, 15) is 9.59 Å². The van der Waals surface area contributed by atoms with Gasteiger partial charge in [0, 0.05) is 6.54 Å². The van der Waals surface area contributed by atoms with Crippen LogP contribution in [-0.2, 0) is 9.59 Å². The number of nitrogens with one attached hydrogen (secondary N) is 1. The zero-order valence-electron chi connectivity index (χ0n) is 16.6. The van der Waals surface area contributed by atoms with E-state index in [4.69, 9.17) is 9.47 Å². The van der Waals surface area contributed by atoms with Gasteiger partial charge in [-0.05, 0) is 42.7 Å². The summed E-state index contributed by atoms with van der Waals surface area (Å²) in [5.74, 6) is 1.08. The minimum Gasteiger partial charge on any atom is -0.497 e. The first-order valence-electron chi connectivity index (χ1n) is 10.2. The highest BCUT2D eigenvalue weighted by Gasteiger charge is 2.34. The molecular formula is C23H26N2O4. The molecule has 1 saturated heterocycles. The zero-order valence-corrected chi connectivity index (χ0v) is 16.6. The van der Waals surface area contributed by atoms with Gasteiger partial charge in [-0.1, -0.05) is 37.1 Å². The van der Waals surface area contributed by atoms with E-state index in [1.807, 2.05) is 41.3 Å². The Bertz CT molecular complexity index is 881. The van der Waals surface area contributed by atoms with Gasteiger partial charge in [0.05, 0.1) is 25.3 Å². The Balaban J connectivity index is 1.51. The molecule has 1 N–H and O–H groups in total. The Morgan fingerprint density at radius 2 is 1.93 bits per heavy atom. The first-order valence-corrected chi connectivity index (χ1v) is 10.2. The Labute approximate surface area is 170 Å². The second kappa shape index (κ2) is 8.55. The van der Waals surface area contributed by atoms with Crippen molar-refractivity contribution in [2.24, 2.45) is 0 Å². The van der Waals surface area contributed by atoms with Crippen molar-refractivity contribution in [3.8, 4) is 11.5 Å². The largest absolute Gasteiger partial charge is 0.497 e. The van der Waals surface area contributed by atoms with Gasteiger partial charge in [-0.3, -0.25) is 9.59 Å². The van der Waals surface area contributed by atoms with Crippen LogP contribution in [0.1, 0.15) is 43.7 Å². The average Bonchev–Trinajstić information content (AvgIpc) is 3.00. The SMILES string of the molecule is COc1ccc([C@@H]2CCCCCN2C(=O)C[C@@H]2Oc3ccccc3NC2=O)cc1. The lowest BCUT2D eigenvalue weighted by Crippen LogP contribution is -2.43. The highest BCUT2D eigenvalue weighted by Crippen LogP contribution is 2.33. The van der Waals surface area contributed by atoms with E-state index >= 15 is 0 Å². The number of anilines is 1. The third-order valence-electron chi connectivity index (χ3n) is 5.64. The molecule has 0 aliphatic carbocycles. The normalized spacial score (nSPS) is 21.4. The van der Waals surface area contributed by atoms with Crippen molar-refractivity contribution < 1.29 is 19.1 Å². The Morgan fingerprint density at radius 3 is 2.72 bits per heavy atom. The first kappa shape index (κ1) is 19.3. The molecule has 0 radical (unpaired) electrons. The molecule has 0 saturated carbocycles. The van der Waals surface area contributed by atoms with Gasteiger partial charge in [-0.15, -0.1) is 0 Å². The molecule has 6 nitrogen and oxygen atoms in total. The molecule has 2 aromatic carbocycles. The molecule has 2 aliphatic rings. The van der Waals surface area contributed by atoms with E-state index in [2.05, 4.69) is 5.32 Å². The number of carbonyl (C=O) groups is 2. The smallest absolute Gasteiger partial charge is 0.266 e. The van der Waals surface area contributed by atoms with Crippen molar-refractivity contribution in [1.82, 2.24) is 4.90 Å². The summed E-state index contributed by atoms with van der Waals surface area (Å²) in [7, 11) is 1.64. The van der Waals surface area contributed by atoms with E-state index in [0.717, 1.165) is 37.0 Å². The molecule has 2 amide bonds. The Kier molecular flexibility index (Phi) is 5.69. The molecule has 152 valence electrons. The average molecular weight is 394 g/mol. The zero-order chi connectivity index (χ0) is 20.2. The van der Waals surface area contributed by atoms with Gasteiger partial charge in [0.2, 0.25) is 5.91 Å². The van der Waals surface area contributed by atoms with Crippen LogP contribution in [0.4, 0.5) is 5.69 Å². The number of methoxy groups -OCH3 is 1. The van der Waals surface area contributed by atoms with E-state index < -0.39 is 6.10 Å². The second-order valence-corrected chi connectivity index (χ2v) is 7.52. The van der Waals surface area contributed by atoms with Crippen LogP contribution in [0.25, 0.3) is 0 Å². The maximum absolute atomic E-state index is 13.2. The second-order valence-electron chi connectivity index (χ2n) is 7.52. The number of nitrogens with zero attached hydrogens (tertiary/aromatic N) is 1. The number of fused-ring (bicyclic) bond motifs is 1. The number of ether oxygens (including phenoxy) is 2. The van der Waals surface area contributed by atoms with Gasteiger partial charge >= 0.3 is 0 Å². The maximum atomic E-state index is 13.2. The van der Waals surface area contributed by atoms with Crippen LogP contribution in [0.3, 0.4) is 0 Å². The van der Waals surface area contributed by atoms with Crippen LogP contribution in [-0.4, -0.2) is 36.5 Å². The predicted octanol–water partition coefficient (Wildman–Crippen LogP) is 3.93. The van der Waals surface area contributed by atoms with Gasteiger partial charge in [-0.25, -0.2) is 0 Å². The number of hydrogen-bond donors (Lipinski definition) is 1. The molecule has 4 rings (SSSR count). The number of benzene rings is 2. The van der Waals surface area contributed by atoms with Crippen molar-refractivity contribution in [3.05, 3.63) is 54.1 Å². The van der Waals surface area contributed by atoms with Gasteiger partial charge in [0.15, 0.2) is 6.10 Å². The molecule has 2 heterocycles. The van der Waals surface area contributed by atoms with Crippen molar-refractivity contribution in [2.75, 3.05) is 19.0 Å². The highest BCUT2D eigenvalue weighted by atomic mass is 16.5. The van der Waals surface area contributed by atoms with E-state index in [1.54, 1.807) is 19.2 Å². The fourth-order valence-electron chi connectivity index (χ4n) is 4.08. The number of amides is 2. The monoisotopic (exact) mass is 394 g/mol. The number of para-hydroxylation sites is 2. The van der Waals surface area contributed by atoms with Crippen molar-refractivity contribution in [1.29, 1.82) is 0 Å². The molecule has 2 aliphatic heterocycles. The quantitative estimate of drug-likeness (QED) is 0.853. The lowest BCUT2D eigenvalue weighted by Gasteiger charge is -2.33. The third kappa shape index (κ3) is 4.21. The molecule has 2 atom stereocenters. The number of likely N-dealkylation sites (tertiary alicyclic amines) is 1. The van der Waals surface area contributed by atoms with Gasteiger partial charge in [-0.2, -0.15) is 0 Å². The van der Waals surface area contributed by atoms with E-state index in [0.29, 0.717) is 18.0 Å². The summed E-state index contributed by atoms with van der Waals surface area (Å²) in [5, 5.41) is 2.84. The molecule has 0 aromatic heterocycles. The van der Waals surface area contributed by atoms with Crippen LogP contribution in [0.5, 0.6) is 11.5 Å². The number of hydrogen-bond acceptors (Lipinski definition) is 4. The maximum Gasteiger partial charge on any atom is 0.266 e. The summed E-state index contributed by atoms with van der Waals surface area (Å²) in [6, 6.07) is 15.2. The van der Waals surface area contributed by atoms with Crippen molar-refractivity contribution in [2.45, 2.75) is 44.2 Å². The fourth-order valence-corrected chi connectivity index (χ4v) is 4.08. The first-order chi connectivity index (χ1) is 14.2. The number of carbonyl (C=O) groups excluding carboxylic acids is 2. The molecule has 6 heteroatoms. The Morgan fingerprint density at radius 1 is 1.14 bits per heavy atom. The van der Waals surface area contributed by atoms with Gasteiger partial charge < -0.3 is 19.7 Å². The minimum absolute atomic E-state index is 0.00911. The Hall–Kier alpha value is -3.02. The van der Waals surface area contributed by atoms with Crippen LogP contribution >= 0.6 is 0 Å². The predicted molar refractivity (Wildman–Crippen MR) is 110 cm³/mol. The minimum atomic E-state index is -0.808.